The van der Waals surface area contributed by atoms with Gasteiger partial charge in [-0.05, 0) is 19.9 Å². The number of nitrogens with two attached hydrogens (primary N) is 1. The first-order valence-electron chi connectivity index (χ1n) is 3.20. The smallest absolute Gasteiger partial charge is 0.209 e. The molecule has 0 aromatic rings. The summed E-state index contributed by atoms with van der Waals surface area (Å²) in [4.78, 5) is 11.7. The van der Waals surface area contributed by atoms with E-state index in [2.05, 4.69) is 5.73 Å². The Bertz CT molecular complexity index is 69.5. The Hall–Kier alpha value is -0.570. The van der Waals surface area contributed by atoms with Gasteiger partial charge in [0.15, 0.2) is 0 Å². The Kier molecular flexibility index (Phi) is 5.21. The van der Waals surface area contributed by atoms with Crippen molar-refractivity contribution in [3.63, 3.8) is 0 Å². The first kappa shape index (κ1) is 8.43. The number of nitrogens with zero attached hydrogens (tertiary/aromatic N) is 1. The Labute approximate surface area is 55.8 Å². The van der Waals surface area contributed by atoms with E-state index in [0.29, 0.717) is 0 Å². The number of rotatable bonds is 1. The van der Waals surface area contributed by atoms with Gasteiger partial charge in [0.25, 0.3) is 0 Å². The fraction of sp³-hybridized carbons (Fsp3) is 0.833. The largest absolute Gasteiger partial charge is 0.345 e. The quantitative estimate of drug-likeness (QED) is 0.500. The SMILES string of the molecule is CN.O=CN1CCCC1. The molecule has 0 aromatic carbocycles. The molecule has 3 nitrogen and oxygen atoms in total. The van der Waals surface area contributed by atoms with Crippen LogP contribution in [0.4, 0.5) is 0 Å². The molecule has 9 heavy (non-hydrogen) atoms. The van der Waals surface area contributed by atoms with Crippen molar-refractivity contribution in [3.8, 4) is 0 Å². The van der Waals surface area contributed by atoms with Gasteiger partial charge < -0.3 is 10.6 Å². The van der Waals surface area contributed by atoms with Crippen molar-refractivity contribution in [1.82, 2.24) is 4.90 Å². The summed E-state index contributed by atoms with van der Waals surface area (Å²) < 4.78 is 0. The molecule has 54 valence electrons. The van der Waals surface area contributed by atoms with Gasteiger partial charge in [-0.15, -0.1) is 0 Å². The van der Waals surface area contributed by atoms with Crippen molar-refractivity contribution in [2.24, 2.45) is 5.73 Å². The zero-order chi connectivity index (χ0) is 7.11. The monoisotopic (exact) mass is 130 g/mol. The number of hydrogen-bond donors (Lipinski definition) is 1. The summed E-state index contributed by atoms with van der Waals surface area (Å²) in [6, 6.07) is 0. The van der Waals surface area contributed by atoms with Crippen LogP contribution in [0.1, 0.15) is 12.8 Å². The van der Waals surface area contributed by atoms with Crippen molar-refractivity contribution in [2.75, 3.05) is 20.1 Å². The van der Waals surface area contributed by atoms with E-state index in [1.807, 2.05) is 0 Å². The van der Waals surface area contributed by atoms with Gasteiger partial charge in [0.05, 0.1) is 0 Å². The van der Waals surface area contributed by atoms with Crippen molar-refractivity contribution in [2.45, 2.75) is 12.8 Å². The highest BCUT2D eigenvalue weighted by atomic mass is 16.1. The average Bonchev–Trinajstić information content (AvgIpc) is 2.43. The summed E-state index contributed by atoms with van der Waals surface area (Å²) in [6.07, 6.45) is 3.31. The van der Waals surface area contributed by atoms with Crippen LogP contribution in [0.2, 0.25) is 0 Å². The lowest BCUT2D eigenvalue weighted by atomic mass is 10.4. The number of carbonyl (C=O) groups is 1. The van der Waals surface area contributed by atoms with E-state index in [4.69, 9.17) is 0 Å². The molecule has 1 saturated heterocycles. The van der Waals surface area contributed by atoms with Crippen molar-refractivity contribution < 1.29 is 4.79 Å². The summed E-state index contributed by atoms with van der Waals surface area (Å²) in [5.41, 5.74) is 4.50. The Morgan fingerprint density at radius 1 is 1.33 bits per heavy atom. The maximum absolute atomic E-state index is 9.93. The van der Waals surface area contributed by atoms with Gasteiger partial charge in [0.2, 0.25) is 6.41 Å². The van der Waals surface area contributed by atoms with E-state index in [-0.39, 0.29) is 0 Å². The minimum Gasteiger partial charge on any atom is -0.345 e. The molecule has 1 aliphatic rings. The fourth-order valence-corrected chi connectivity index (χ4v) is 0.847. The van der Waals surface area contributed by atoms with E-state index < -0.39 is 0 Å². The second-order valence-electron chi connectivity index (χ2n) is 1.85. The predicted molar refractivity (Wildman–Crippen MR) is 37.0 cm³/mol. The molecule has 0 saturated carbocycles. The maximum Gasteiger partial charge on any atom is 0.209 e. The second kappa shape index (κ2) is 5.56. The third-order valence-electron chi connectivity index (χ3n) is 1.29. The molecule has 1 amide bonds. The van der Waals surface area contributed by atoms with Crippen molar-refractivity contribution in [3.05, 3.63) is 0 Å². The number of amides is 1. The molecule has 0 radical (unpaired) electrons. The standard InChI is InChI=1S/C5H9NO.CH5N/c7-5-6-3-1-2-4-6;1-2/h5H,1-4H2;2H2,1H3. The van der Waals surface area contributed by atoms with Crippen LogP contribution >= 0.6 is 0 Å². The Balaban J connectivity index is 0.000000291. The first-order chi connectivity index (χ1) is 4.43. The van der Waals surface area contributed by atoms with Crippen LogP contribution in [0.25, 0.3) is 0 Å². The normalized spacial score (nSPS) is 16.4. The highest BCUT2D eigenvalue weighted by molar-refractivity contribution is 5.47. The summed E-state index contributed by atoms with van der Waals surface area (Å²) in [5.74, 6) is 0. The van der Waals surface area contributed by atoms with Crippen LogP contribution in [-0.4, -0.2) is 31.4 Å². The van der Waals surface area contributed by atoms with E-state index in [1.165, 1.54) is 19.9 Å². The third kappa shape index (κ3) is 3.08. The summed E-state index contributed by atoms with van der Waals surface area (Å²) in [6.45, 7) is 1.95. The lowest BCUT2D eigenvalue weighted by Crippen LogP contribution is -2.15. The number of likely N-dealkylation sites (tertiary alicyclic amines) is 1. The minimum absolute atomic E-state index is 0.924. The molecule has 0 spiro atoms. The Morgan fingerprint density at radius 2 is 1.78 bits per heavy atom. The molecule has 2 N–H and O–H groups in total. The molecule has 1 fully saturated rings. The lowest BCUT2D eigenvalue weighted by Gasteiger charge is -2.03. The first-order valence-corrected chi connectivity index (χ1v) is 3.20. The topological polar surface area (TPSA) is 46.3 Å². The van der Waals surface area contributed by atoms with Gasteiger partial charge >= 0.3 is 0 Å². The summed E-state index contributed by atoms with van der Waals surface area (Å²) in [5, 5.41) is 0. The molecule has 1 heterocycles. The third-order valence-corrected chi connectivity index (χ3v) is 1.29. The average molecular weight is 130 g/mol. The molecule has 0 unspecified atom stereocenters. The van der Waals surface area contributed by atoms with Gasteiger partial charge in [-0.1, -0.05) is 0 Å². The van der Waals surface area contributed by atoms with Crippen LogP contribution in [0, 0.1) is 0 Å². The van der Waals surface area contributed by atoms with Crippen LogP contribution in [0.15, 0.2) is 0 Å². The van der Waals surface area contributed by atoms with Crippen LogP contribution in [-0.2, 0) is 4.79 Å². The van der Waals surface area contributed by atoms with E-state index in [0.717, 1.165) is 19.5 Å². The van der Waals surface area contributed by atoms with Crippen LogP contribution < -0.4 is 5.73 Å². The van der Waals surface area contributed by atoms with Gasteiger partial charge in [-0.25, -0.2) is 0 Å². The second-order valence-corrected chi connectivity index (χ2v) is 1.85. The molecule has 0 atom stereocenters. The molecule has 3 heteroatoms. The fourth-order valence-electron chi connectivity index (χ4n) is 0.847. The molecule has 0 bridgehead atoms. The van der Waals surface area contributed by atoms with Gasteiger partial charge in [0.1, 0.15) is 0 Å². The van der Waals surface area contributed by atoms with Gasteiger partial charge in [-0.3, -0.25) is 4.79 Å². The molecule has 1 rings (SSSR count). The number of hydrogen-bond acceptors (Lipinski definition) is 2. The molecule has 0 aliphatic carbocycles. The summed E-state index contributed by atoms with van der Waals surface area (Å²) >= 11 is 0. The van der Waals surface area contributed by atoms with E-state index in [9.17, 15) is 4.79 Å². The van der Waals surface area contributed by atoms with Crippen molar-refractivity contribution >= 4 is 6.41 Å². The zero-order valence-electron chi connectivity index (χ0n) is 5.84. The minimum atomic E-state index is 0.924. The van der Waals surface area contributed by atoms with Crippen molar-refractivity contribution in [1.29, 1.82) is 0 Å². The zero-order valence-corrected chi connectivity index (χ0v) is 5.84. The predicted octanol–water partition coefficient (Wildman–Crippen LogP) is -0.187. The van der Waals surface area contributed by atoms with E-state index >= 15 is 0 Å². The molecular formula is C6H14N2O. The molecule has 0 aromatic heterocycles. The highest BCUT2D eigenvalue weighted by Crippen LogP contribution is 2.02. The summed E-state index contributed by atoms with van der Waals surface area (Å²) in [7, 11) is 1.50. The maximum atomic E-state index is 9.93. The Morgan fingerprint density at radius 3 is 2.00 bits per heavy atom. The lowest BCUT2D eigenvalue weighted by molar-refractivity contribution is -0.117. The van der Waals surface area contributed by atoms with Crippen LogP contribution in [0.5, 0.6) is 0 Å². The van der Waals surface area contributed by atoms with Crippen LogP contribution in [0.3, 0.4) is 0 Å². The molecule has 1 aliphatic heterocycles. The molecular weight excluding hydrogens is 116 g/mol. The number of carbonyl (C=O) groups excluding carboxylic acids is 1. The van der Waals surface area contributed by atoms with Gasteiger partial charge in [-0.2, -0.15) is 0 Å². The van der Waals surface area contributed by atoms with Gasteiger partial charge in [0, 0.05) is 13.1 Å². The highest BCUT2D eigenvalue weighted by Gasteiger charge is 2.06. The van der Waals surface area contributed by atoms with E-state index in [1.54, 1.807) is 4.90 Å².